The number of hydrogen-bond donors (Lipinski definition) is 0. The van der Waals surface area contributed by atoms with Crippen LogP contribution in [0.25, 0.3) is 0 Å². The molecular weight excluding hydrogens is 484 g/mol. The summed E-state index contributed by atoms with van der Waals surface area (Å²) in [4.78, 5) is 0. The van der Waals surface area contributed by atoms with Crippen molar-refractivity contribution in [2.24, 2.45) is 0 Å². The van der Waals surface area contributed by atoms with Crippen LogP contribution in [0.3, 0.4) is 0 Å². The summed E-state index contributed by atoms with van der Waals surface area (Å²) >= 11 is 0. The Bertz CT molecular complexity index is 9.30. The fourth-order valence-corrected chi connectivity index (χ4v) is 0. The largest absolute Gasteiger partial charge is 2.00 e. The van der Waals surface area contributed by atoms with Crippen molar-refractivity contribution in [1.82, 2.24) is 0 Å². The van der Waals surface area contributed by atoms with E-state index >= 15 is 0 Å². The summed E-state index contributed by atoms with van der Waals surface area (Å²) in [5, 5.41) is 0. The van der Waals surface area contributed by atoms with E-state index in [9.17, 15) is 0 Å². The van der Waals surface area contributed by atoms with E-state index in [0.29, 0.717) is 0 Å². The van der Waals surface area contributed by atoms with Crippen LogP contribution in [-0.2, 0) is 21.9 Å². The van der Waals surface area contributed by atoms with Gasteiger partial charge < -0.3 is 43.8 Å². The second kappa shape index (κ2) is 344. The molecule has 0 saturated carbocycles. The van der Waals surface area contributed by atoms with Crippen molar-refractivity contribution >= 4 is 71.7 Å². The number of hydrogen-bond acceptors (Lipinski definition) is 4. The van der Waals surface area contributed by atoms with E-state index in [0.717, 1.165) is 0 Å². The Morgan fingerprint density at radius 3 is 0.273 bits per heavy atom. The zero-order chi connectivity index (χ0) is 0. The van der Waals surface area contributed by atoms with Crippen molar-refractivity contribution in [3.63, 3.8) is 0 Å². The summed E-state index contributed by atoms with van der Waals surface area (Å²) in [7, 11) is 0. The molecule has 4 N–H and O–H groups in total. The molecule has 0 aromatic heterocycles. The van der Waals surface area contributed by atoms with Gasteiger partial charge in [-0.25, -0.2) is 0 Å². The van der Waals surface area contributed by atoms with Crippen LogP contribution in [0.15, 0.2) is 0 Å². The van der Waals surface area contributed by atoms with Crippen molar-refractivity contribution in [2.45, 2.75) is 0 Å². The molecule has 0 aliphatic carbocycles. The normalized spacial score (nSPS) is 0. The molecule has 0 aromatic rings. The summed E-state index contributed by atoms with van der Waals surface area (Å²) in [6.07, 6.45) is 0. The van der Waals surface area contributed by atoms with Gasteiger partial charge in [0.2, 0.25) is 0 Å². The Morgan fingerprint density at radius 1 is 0.273 bits per heavy atom. The van der Waals surface area contributed by atoms with E-state index in [2.05, 4.69) is 0 Å². The van der Waals surface area contributed by atoms with Crippen molar-refractivity contribution in [2.75, 3.05) is 0 Å². The van der Waals surface area contributed by atoms with Crippen LogP contribution >= 0.6 is 0 Å². The molecule has 0 fully saturated rings. The molecule has 0 rings (SSSR count). The average Bonchev–Trinajstić information content (AvgIpc) is 0. The molecule has 11 heteroatoms. The smallest absolute Gasteiger partial charge is 2.00 e. The minimum atomic E-state index is 0. The van der Waals surface area contributed by atoms with Crippen LogP contribution in [0.4, 0.5) is 0 Å². The molecule has 0 amide bonds. The van der Waals surface area contributed by atoms with Gasteiger partial charge in [0.1, 0.15) is 0 Å². The van der Waals surface area contributed by atoms with Gasteiger partial charge in [0.15, 0.2) is 0 Å². The first-order valence-electron chi connectivity index (χ1n) is 0. The van der Waals surface area contributed by atoms with E-state index in [4.69, 9.17) is 0 Å². The van der Waals surface area contributed by atoms with Crippen LogP contribution in [0, 0.1) is 0 Å². The van der Waals surface area contributed by atoms with E-state index in [1.165, 1.54) is 0 Å². The third-order valence-corrected chi connectivity index (χ3v) is 0. The van der Waals surface area contributed by atoms with Crippen LogP contribution in [0.5, 0.6) is 0 Å². The van der Waals surface area contributed by atoms with Gasteiger partial charge in [0.25, 0.3) is 0 Å². The molecule has 0 atom stereocenters. The third kappa shape index (κ3) is 284. The van der Waals surface area contributed by atoms with Gasteiger partial charge in [-0.05, 0) is 0 Å². The standard InChI is InChI=1S/4H2O.4O.3Sn/h4*1H2;;;;;;;/q;;;;4*-2;3*+2/p-4. The Kier molecular flexibility index (Phi) is 13800. The molecule has 0 spiro atoms. The maximum atomic E-state index is 0. The van der Waals surface area contributed by atoms with Gasteiger partial charge in [0.05, 0.1) is 0 Å². The number of rotatable bonds is 0. The second-order valence-corrected chi connectivity index (χ2v) is 0. The minimum Gasteiger partial charge on any atom is -2.00 e. The topological polar surface area (TPSA) is 234 Å². The summed E-state index contributed by atoms with van der Waals surface area (Å²) in [6, 6.07) is 0. The maximum absolute atomic E-state index is 0. The van der Waals surface area contributed by atoms with E-state index < -0.39 is 0 Å². The van der Waals surface area contributed by atoms with Crippen molar-refractivity contribution in [3.05, 3.63) is 0 Å². The zero-order valence-corrected chi connectivity index (χ0v) is 13.5. The molecule has 70 valence electrons. The van der Waals surface area contributed by atoms with Gasteiger partial charge in [-0.15, -0.1) is 0 Å². The molecular formula is H4O8Sn3-6. The van der Waals surface area contributed by atoms with Crippen molar-refractivity contribution in [3.8, 4) is 0 Å². The Hall–Kier alpha value is 2.08. The van der Waals surface area contributed by atoms with Crippen LogP contribution in [-0.4, -0.2) is 93.6 Å². The molecule has 0 unspecified atom stereocenters. The first-order valence-corrected chi connectivity index (χ1v) is 0. The third-order valence-electron chi connectivity index (χ3n) is 0. The van der Waals surface area contributed by atoms with Gasteiger partial charge in [-0.3, -0.25) is 0 Å². The molecule has 0 aromatic carbocycles. The van der Waals surface area contributed by atoms with E-state index in [1.807, 2.05) is 0 Å². The van der Waals surface area contributed by atoms with Gasteiger partial charge >= 0.3 is 71.7 Å². The molecule has 0 aliphatic rings. The van der Waals surface area contributed by atoms with Gasteiger partial charge in [-0.2, -0.15) is 0 Å². The average molecular weight is 488 g/mol. The summed E-state index contributed by atoms with van der Waals surface area (Å²) in [6.45, 7) is 0. The Labute approximate surface area is 114 Å². The fraction of sp³-hybridized carbons (Fsp3) is 0. The predicted octanol–water partition coefficient (Wildman–Crippen LogP) is -2.32. The fourth-order valence-electron chi connectivity index (χ4n) is 0. The van der Waals surface area contributed by atoms with Gasteiger partial charge in [0, 0.05) is 0 Å². The molecule has 0 saturated heterocycles. The monoisotopic (exact) mass is 492 g/mol. The molecule has 8 nitrogen and oxygen atoms in total. The Morgan fingerprint density at radius 2 is 0.273 bits per heavy atom. The first-order chi connectivity index (χ1) is 0. The Balaban J connectivity index is 0. The molecule has 11 heavy (non-hydrogen) atoms. The second-order valence-electron chi connectivity index (χ2n) is 0. The van der Waals surface area contributed by atoms with Crippen molar-refractivity contribution < 1.29 is 43.8 Å². The molecule has 0 aliphatic heterocycles. The van der Waals surface area contributed by atoms with Gasteiger partial charge in [-0.1, -0.05) is 0 Å². The molecule has 6 radical (unpaired) electrons. The molecule has 0 heterocycles. The predicted molar refractivity (Wildman–Crippen MR) is 27.8 cm³/mol. The van der Waals surface area contributed by atoms with Crippen LogP contribution in [0.2, 0.25) is 0 Å². The van der Waals surface area contributed by atoms with Crippen molar-refractivity contribution in [1.29, 1.82) is 0 Å². The SMILES string of the molecule is [O-2].[O-2].[O-2].[O-2].[OH-].[OH-].[OH-].[OH-].[Sn+2].[Sn+2].[Sn+2]. The summed E-state index contributed by atoms with van der Waals surface area (Å²) in [5.74, 6) is 0. The van der Waals surface area contributed by atoms with E-state index in [-0.39, 0.29) is 116 Å². The zero-order valence-electron chi connectivity index (χ0n) is 4.92. The quantitative estimate of drug-likeness (QED) is 0.341. The van der Waals surface area contributed by atoms with E-state index in [1.54, 1.807) is 0 Å². The summed E-state index contributed by atoms with van der Waals surface area (Å²) in [5.41, 5.74) is 0. The van der Waals surface area contributed by atoms with Crippen LogP contribution in [0.1, 0.15) is 0 Å². The maximum Gasteiger partial charge on any atom is 2.00 e. The first kappa shape index (κ1) is 442. The minimum absolute atomic E-state index is 0. The molecule has 0 bridgehead atoms. The summed E-state index contributed by atoms with van der Waals surface area (Å²) < 4.78 is 0. The van der Waals surface area contributed by atoms with Crippen LogP contribution < -0.4 is 0 Å².